The minimum atomic E-state index is -1.08. The Morgan fingerprint density at radius 3 is 1.16 bits per heavy atom. The summed E-state index contributed by atoms with van der Waals surface area (Å²) in [4.78, 5) is 85.7. The highest BCUT2D eigenvalue weighted by atomic mass is 35.5. The van der Waals surface area contributed by atoms with Crippen molar-refractivity contribution in [1.82, 2.24) is 20.0 Å². The quantitative estimate of drug-likeness (QED) is 0.0728. The van der Waals surface area contributed by atoms with Crippen LogP contribution in [-0.4, -0.2) is 183 Å². The van der Waals surface area contributed by atoms with E-state index in [0.717, 1.165) is 0 Å². The number of aliphatic hydroxyl groups is 1. The highest BCUT2D eigenvalue weighted by Crippen LogP contribution is 2.30. The van der Waals surface area contributed by atoms with Gasteiger partial charge in [-0.3, -0.25) is 19.5 Å². The van der Waals surface area contributed by atoms with Crippen molar-refractivity contribution in [2.45, 2.75) is 153 Å². The number of carbonyl (C=O) groups is 7. The zero-order valence-corrected chi connectivity index (χ0v) is 55.0. The zero-order chi connectivity index (χ0) is 65.8. The van der Waals surface area contributed by atoms with Crippen LogP contribution in [-0.2, 0) is 42.9 Å². The first-order chi connectivity index (χ1) is 41.0. The van der Waals surface area contributed by atoms with Crippen LogP contribution < -0.4 is 19.5 Å². The number of likely N-dealkylation sites (tertiary alicyclic amines) is 3. The zero-order valence-electron chi connectivity index (χ0n) is 51.2. The van der Waals surface area contributed by atoms with Crippen molar-refractivity contribution < 1.29 is 91.9 Å². The number of carbonyl (C=O) groups excluding carboxylic acids is 5. The molecule has 4 heterocycles. The van der Waals surface area contributed by atoms with Gasteiger partial charge in [0.25, 0.3) is 0 Å². The topological polar surface area (TPSA) is 296 Å². The number of aromatic hydroxyl groups is 1. The highest BCUT2D eigenvalue weighted by molar-refractivity contribution is 6.31. The molecular formula is C61H79Cl5N4O19. The summed E-state index contributed by atoms with van der Waals surface area (Å²) in [6, 6.07) is 24.4. The molecule has 4 saturated heterocycles. The van der Waals surface area contributed by atoms with E-state index in [1.807, 2.05) is 0 Å². The number of nitrogens with one attached hydrogen (secondary N) is 1. The van der Waals surface area contributed by atoms with Crippen LogP contribution in [0.2, 0.25) is 20.1 Å². The van der Waals surface area contributed by atoms with Crippen molar-refractivity contribution in [3.05, 3.63) is 117 Å². The van der Waals surface area contributed by atoms with E-state index in [0.29, 0.717) is 56.7 Å². The molecule has 4 aliphatic heterocycles. The van der Waals surface area contributed by atoms with Crippen molar-refractivity contribution in [2.24, 2.45) is 0 Å². The molecule has 492 valence electrons. The second kappa shape index (κ2) is 34.9. The Hall–Kier alpha value is -6.86. The van der Waals surface area contributed by atoms with Gasteiger partial charge in [-0.05, 0) is 135 Å². The normalized spacial score (nSPS) is 20.9. The smallest absolute Gasteiger partial charge is 0.411 e. The molecule has 0 bridgehead atoms. The number of methoxy groups -OCH3 is 2. The molecule has 4 unspecified atom stereocenters. The number of rotatable bonds is 10. The summed E-state index contributed by atoms with van der Waals surface area (Å²) in [5.41, 5.74) is -1.97. The molecular weight excluding hydrogens is 1270 g/mol. The summed E-state index contributed by atoms with van der Waals surface area (Å²) in [7, 11) is 2.54. The third-order valence-electron chi connectivity index (χ3n) is 12.4. The van der Waals surface area contributed by atoms with Crippen LogP contribution in [0.15, 0.2) is 97.1 Å². The van der Waals surface area contributed by atoms with E-state index in [2.05, 4.69) is 10.1 Å². The van der Waals surface area contributed by atoms with Crippen LogP contribution in [0.25, 0.3) is 0 Å². The number of amides is 3. The SMILES string of the molecule is CC(C)(C)OC(=O)N1CC(Oc2cccc(Cl)c2)C[C@H]1C(=O)O.COC(=O)[C@@H]1CC(O)CN1C(=O)OC(C)(C)C.COC(=O)[C@@H]1CC(Oc2cccc(Cl)c2)CN1C(=O)OC(C)(C)C.Cl.O=C(O)[C@@H]1CC(Oc2cccc(Cl)c2)CN1.Oc1cccc(Cl)c1. The number of carboxylic acids is 2. The van der Waals surface area contributed by atoms with Crippen LogP contribution in [0, 0.1) is 0 Å². The summed E-state index contributed by atoms with van der Waals surface area (Å²) < 4.78 is 42.4. The van der Waals surface area contributed by atoms with Gasteiger partial charge in [0.1, 0.15) is 82.3 Å². The molecule has 23 nitrogen and oxygen atoms in total. The van der Waals surface area contributed by atoms with Gasteiger partial charge in [-0.25, -0.2) is 28.8 Å². The fraction of sp³-hybridized carbons (Fsp3) is 0.492. The van der Waals surface area contributed by atoms with Gasteiger partial charge >= 0.3 is 42.2 Å². The molecule has 8 atom stereocenters. The molecule has 4 aromatic carbocycles. The molecule has 5 N–H and O–H groups in total. The Kier molecular flexibility index (Phi) is 30.0. The summed E-state index contributed by atoms with van der Waals surface area (Å²) in [5, 5.41) is 41.5. The number of aliphatic carboxylic acids is 2. The molecule has 4 fully saturated rings. The average molecular weight is 1350 g/mol. The van der Waals surface area contributed by atoms with Gasteiger partial charge in [0.05, 0.1) is 40.0 Å². The Labute approximate surface area is 544 Å². The Morgan fingerprint density at radius 2 is 0.831 bits per heavy atom. The maximum absolute atomic E-state index is 12.4. The van der Waals surface area contributed by atoms with Gasteiger partial charge in [-0.1, -0.05) is 70.7 Å². The van der Waals surface area contributed by atoms with Gasteiger partial charge in [0, 0.05) is 52.3 Å². The first kappa shape index (κ1) is 76.4. The lowest BCUT2D eigenvalue weighted by Crippen LogP contribution is -2.44. The van der Waals surface area contributed by atoms with Gasteiger partial charge in [0.2, 0.25) is 0 Å². The minimum absolute atomic E-state index is 0. The molecule has 0 radical (unpaired) electrons. The molecule has 89 heavy (non-hydrogen) atoms. The van der Waals surface area contributed by atoms with Gasteiger partial charge in [-0.15, -0.1) is 12.4 Å². The number of hydrogen-bond donors (Lipinski definition) is 5. The fourth-order valence-corrected chi connectivity index (χ4v) is 9.48. The average Bonchev–Trinajstić information content (AvgIpc) is 2.80. The molecule has 4 aliphatic rings. The molecule has 28 heteroatoms. The molecule has 0 aromatic heterocycles. The molecule has 0 aliphatic carbocycles. The Morgan fingerprint density at radius 1 is 0.483 bits per heavy atom. The van der Waals surface area contributed by atoms with E-state index in [-0.39, 0.29) is 62.8 Å². The van der Waals surface area contributed by atoms with Gasteiger partial charge < -0.3 is 63.6 Å². The highest BCUT2D eigenvalue weighted by Gasteiger charge is 2.45. The van der Waals surface area contributed by atoms with Crippen molar-refractivity contribution in [3.8, 4) is 23.0 Å². The van der Waals surface area contributed by atoms with E-state index in [9.17, 15) is 43.8 Å². The van der Waals surface area contributed by atoms with Crippen molar-refractivity contribution >= 4 is 101 Å². The van der Waals surface area contributed by atoms with Gasteiger partial charge in [-0.2, -0.15) is 0 Å². The number of halogens is 5. The number of β-amino-alcohol motifs (C(OH)–C–C–N with tert-alkyl or cyclic N) is 1. The van der Waals surface area contributed by atoms with E-state index in [4.69, 9.17) is 89.8 Å². The summed E-state index contributed by atoms with van der Waals surface area (Å²) in [5.74, 6) is -0.932. The van der Waals surface area contributed by atoms with Crippen molar-refractivity contribution in [3.63, 3.8) is 0 Å². The van der Waals surface area contributed by atoms with E-state index < -0.39 is 95.3 Å². The van der Waals surface area contributed by atoms with E-state index >= 15 is 0 Å². The molecule has 0 saturated carbocycles. The lowest BCUT2D eigenvalue weighted by molar-refractivity contribution is -0.146. The summed E-state index contributed by atoms with van der Waals surface area (Å²) in [6.45, 7) is 16.8. The number of esters is 2. The molecule has 3 amide bonds. The van der Waals surface area contributed by atoms with E-state index in [1.54, 1.807) is 153 Å². The van der Waals surface area contributed by atoms with Crippen LogP contribution in [0.4, 0.5) is 14.4 Å². The lowest BCUT2D eigenvalue weighted by Gasteiger charge is -2.27. The van der Waals surface area contributed by atoms with Crippen molar-refractivity contribution in [2.75, 3.05) is 40.4 Å². The standard InChI is InChI=1S/C17H22ClNO5.C16H20ClNO5.C11H12ClNO3.C11H19NO5.C6H5ClO.ClH/c1-17(2,3)24-16(21)19-10-13(9-14(19)15(20)22-4)23-12-7-5-6-11(18)8-12;1-16(2,3)23-15(21)18-9-12(8-13(18)14(19)20)22-11-6-4-5-10(17)7-11;12-7-2-1-3-8(4-7)16-9-5-10(11(14)15)13-6-9;1-11(2,3)17-10(15)12-6-7(13)5-8(12)9(14)16-4;7-5-2-1-3-6(8)4-5;/h5-8,13-14H,9-10H2,1-4H3;4-7,12-13H,8-9H2,1-3H3,(H,19,20);1-4,9-10,13H,5-6H2,(H,14,15);7-8,13H,5-6H2,1-4H3;1-4,8H;1H/t13?,14-;12?,13-;9?,10-;7?,8-;;/m0000../s1. The third kappa shape index (κ3) is 27.0. The van der Waals surface area contributed by atoms with Crippen LogP contribution in [0.5, 0.6) is 23.0 Å². The fourth-order valence-electron chi connectivity index (χ4n) is 8.76. The predicted molar refractivity (Wildman–Crippen MR) is 334 cm³/mol. The summed E-state index contributed by atoms with van der Waals surface area (Å²) in [6.07, 6.45) is -2.23. The monoisotopic (exact) mass is 1350 g/mol. The molecule has 4 aromatic rings. The first-order valence-electron chi connectivity index (χ1n) is 27.8. The first-order valence-corrected chi connectivity index (χ1v) is 29.3. The van der Waals surface area contributed by atoms with Gasteiger partial charge in [0.15, 0.2) is 0 Å². The Balaban J connectivity index is 0.000000299. The van der Waals surface area contributed by atoms with Crippen LogP contribution >= 0.6 is 58.8 Å². The summed E-state index contributed by atoms with van der Waals surface area (Å²) >= 11 is 23.2. The van der Waals surface area contributed by atoms with Crippen LogP contribution in [0.3, 0.4) is 0 Å². The van der Waals surface area contributed by atoms with Crippen LogP contribution in [0.1, 0.15) is 88.0 Å². The number of ether oxygens (including phenoxy) is 8. The van der Waals surface area contributed by atoms with E-state index in [1.165, 1.54) is 35.0 Å². The maximum Gasteiger partial charge on any atom is 0.411 e. The number of phenols is 1. The Bertz CT molecular complexity index is 2980. The molecule has 8 rings (SSSR count). The number of phenolic OH excluding ortho intramolecular Hbond substituents is 1. The number of aliphatic hydroxyl groups excluding tert-OH is 1. The largest absolute Gasteiger partial charge is 0.508 e. The van der Waals surface area contributed by atoms with Crippen molar-refractivity contribution in [1.29, 1.82) is 0 Å². The minimum Gasteiger partial charge on any atom is -0.508 e. The number of benzene rings is 4. The number of carboxylic acid groups (broad SMARTS) is 2. The number of nitrogens with zero attached hydrogens (tertiary/aromatic N) is 3. The predicted octanol–water partition coefficient (Wildman–Crippen LogP) is 11.0. The third-order valence-corrected chi connectivity index (χ3v) is 13.4. The second-order valence-electron chi connectivity index (χ2n) is 23.3. The maximum atomic E-state index is 12.4. The molecule has 0 spiro atoms. The second-order valence-corrected chi connectivity index (χ2v) is 25.0. The number of hydrogen-bond acceptors (Lipinski definition) is 18. The lowest BCUT2D eigenvalue weighted by atomic mass is 10.2.